The molecule has 0 aliphatic carbocycles. The Balaban J connectivity index is 2.46. The van der Waals surface area contributed by atoms with E-state index in [1.54, 1.807) is 0 Å². The van der Waals surface area contributed by atoms with Crippen LogP contribution in [-0.4, -0.2) is 35.7 Å². The van der Waals surface area contributed by atoms with Crippen LogP contribution < -0.4 is 10.6 Å². The Morgan fingerprint density at radius 2 is 2.42 bits per heavy atom. The molecule has 70 valence electrons. The largest absolute Gasteiger partial charge is 0.394 e. The summed E-state index contributed by atoms with van der Waals surface area (Å²) in [6.07, 6.45) is 0.476. The fraction of sp³-hybridized carbons (Fsp3) is 0.875. The van der Waals surface area contributed by atoms with Crippen LogP contribution in [0.4, 0.5) is 0 Å². The van der Waals surface area contributed by atoms with Gasteiger partial charge in [-0.15, -0.1) is 0 Å². The number of carbonyl (C=O) groups excluding carboxylic acids is 1. The third-order valence-electron chi connectivity index (χ3n) is 1.98. The van der Waals surface area contributed by atoms with Gasteiger partial charge in [0, 0.05) is 18.5 Å². The van der Waals surface area contributed by atoms with Crippen molar-refractivity contribution < 1.29 is 9.90 Å². The first-order chi connectivity index (χ1) is 5.63. The molecule has 2 atom stereocenters. The van der Waals surface area contributed by atoms with Gasteiger partial charge in [0.15, 0.2) is 0 Å². The minimum absolute atomic E-state index is 0.0100. The van der Waals surface area contributed by atoms with Crippen LogP contribution in [0.2, 0.25) is 0 Å². The highest BCUT2D eigenvalue weighted by Crippen LogP contribution is 2.08. The summed E-state index contributed by atoms with van der Waals surface area (Å²) in [5.74, 6) is 0.0206. The average molecular weight is 172 g/mol. The summed E-state index contributed by atoms with van der Waals surface area (Å²) >= 11 is 0. The van der Waals surface area contributed by atoms with Crippen LogP contribution in [0.25, 0.3) is 0 Å². The van der Waals surface area contributed by atoms with E-state index in [9.17, 15) is 4.79 Å². The van der Waals surface area contributed by atoms with Gasteiger partial charge >= 0.3 is 0 Å². The van der Waals surface area contributed by atoms with E-state index in [4.69, 9.17) is 5.11 Å². The molecule has 1 fully saturated rings. The fourth-order valence-corrected chi connectivity index (χ4v) is 1.48. The topological polar surface area (TPSA) is 61.4 Å². The van der Waals surface area contributed by atoms with Gasteiger partial charge in [0.05, 0.1) is 12.6 Å². The number of aliphatic hydroxyl groups excluding tert-OH is 1. The van der Waals surface area contributed by atoms with E-state index in [1.165, 1.54) is 0 Å². The Morgan fingerprint density at radius 1 is 1.75 bits per heavy atom. The maximum atomic E-state index is 10.9. The summed E-state index contributed by atoms with van der Waals surface area (Å²) < 4.78 is 0. The monoisotopic (exact) mass is 172 g/mol. The van der Waals surface area contributed by atoms with Gasteiger partial charge in [-0.1, -0.05) is 13.8 Å². The number of amides is 1. The first kappa shape index (κ1) is 9.48. The lowest BCUT2D eigenvalue weighted by Crippen LogP contribution is -2.45. The summed E-state index contributed by atoms with van der Waals surface area (Å²) in [5, 5.41) is 14.8. The van der Waals surface area contributed by atoms with Crippen molar-refractivity contribution in [3.05, 3.63) is 0 Å². The predicted octanol–water partition coefficient (Wildman–Crippen LogP) is -0.766. The molecule has 0 aromatic rings. The Labute approximate surface area is 72.3 Å². The average Bonchev–Trinajstić information content (AvgIpc) is 2.29. The van der Waals surface area contributed by atoms with E-state index in [2.05, 4.69) is 10.6 Å². The van der Waals surface area contributed by atoms with Crippen molar-refractivity contribution >= 4 is 5.91 Å². The number of rotatable bonds is 3. The Hall–Kier alpha value is -0.610. The lowest BCUT2D eigenvalue weighted by atomic mass is 10.1. The van der Waals surface area contributed by atoms with Crippen molar-refractivity contribution in [1.82, 2.24) is 10.6 Å². The van der Waals surface area contributed by atoms with Gasteiger partial charge in [-0.3, -0.25) is 4.79 Å². The molecule has 4 nitrogen and oxygen atoms in total. The molecule has 1 heterocycles. The molecule has 0 bridgehead atoms. The van der Waals surface area contributed by atoms with Crippen LogP contribution >= 0.6 is 0 Å². The molecule has 12 heavy (non-hydrogen) atoms. The molecule has 3 N–H and O–H groups in total. The highest BCUT2D eigenvalue weighted by Gasteiger charge is 2.31. The van der Waals surface area contributed by atoms with Crippen LogP contribution in [0.3, 0.4) is 0 Å². The second kappa shape index (κ2) is 3.87. The lowest BCUT2D eigenvalue weighted by molar-refractivity contribution is -0.119. The molecule has 1 rings (SSSR count). The first-order valence-corrected chi connectivity index (χ1v) is 4.29. The van der Waals surface area contributed by atoms with E-state index in [0.29, 0.717) is 12.5 Å². The van der Waals surface area contributed by atoms with Crippen LogP contribution in [0.15, 0.2) is 0 Å². The van der Waals surface area contributed by atoms with Gasteiger partial charge in [0.2, 0.25) is 5.91 Å². The zero-order valence-electron chi connectivity index (χ0n) is 7.50. The van der Waals surface area contributed by atoms with Crippen LogP contribution in [0.1, 0.15) is 20.3 Å². The zero-order chi connectivity index (χ0) is 9.14. The molecule has 0 saturated carbocycles. The van der Waals surface area contributed by atoms with Crippen molar-refractivity contribution in [2.45, 2.75) is 38.4 Å². The van der Waals surface area contributed by atoms with E-state index < -0.39 is 0 Å². The number of carbonyl (C=O) groups is 1. The molecule has 4 heteroatoms. The Kier molecular flexibility index (Phi) is 3.05. The molecule has 0 unspecified atom stereocenters. The highest BCUT2D eigenvalue weighted by molar-refractivity contribution is 5.79. The summed E-state index contributed by atoms with van der Waals surface area (Å²) in [5.41, 5.74) is 0. The van der Waals surface area contributed by atoms with Gasteiger partial charge in [0.1, 0.15) is 0 Å². The van der Waals surface area contributed by atoms with Gasteiger partial charge in [-0.25, -0.2) is 0 Å². The van der Waals surface area contributed by atoms with Gasteiger partial charge < -0.3 is 15.7 Å². The number of aliphatic hydroxyl groups is 1. The van der Waals surface area contributed by atoms with Gasteiger partial charge in [0.25, 0.3) is 0 Å². The fourth-order valence-electron chi connectivity index (χ4n) is 1.48. The molecule has 1 aliphatic rings. The number of hydrogen-bond acceptors (Lipinski definition) is 3. The molecule has 1 amide bonds. The molecular formula is C8H16N2O2. The smallest absolute Gasteiger partial charge is 0.221 e. The SMILES string of the molecule is CC(C)N[C@@H]1CC(=O)N[C@H]1CO. The Bertz CT molecular complexity index is 170. The van der Waals surface area contributed by atoms with Crippen molar-refractivity contribution in [2.75, 3.05) is 6.61 Å². The Morgan fingerprint density at radius 3 is 2.92 bits per heavy atom. The summed E-state index contributed by atoms with van der Waals surface area (Å²) in [6, 6.07) is 0.319. The maximum absolute atomic E-state index is 10.9. The van der Waals surface area contributed by atoms with Gasteiger partial charge in [-0.2, -0.15) is 0 Å². The number of hydrogen-bond donors (Lipinski definition) is 3. The first-order valence-electron chi connectivity index (χ1n) is 4.29. The highest BCUT2D eigenvalue weighted by atomic mass is 16.3. The van der Waals surface area contributed by atoms with Crippen molar-refractivity contribution in [2.24, 2.45) is 0 Å². The standard InChI is InChI=1S/C8H16N2O2/c1-5(2)9-6-3-8(12)10-7(6)4-11/h5-7,9,11H,3-4H2,1-2H3,(H,10,12)/t6-,7+/m1/s1. The van der Waals surface area contributed by atoms with E-state index in [-0.39, 0.29) is 24.6 Å². The number of nitrogens with one attached hydrogen (secondary N) is 2. The molecule has 0 radical (unpaired) electrons. The van der Waals surface area contributed by atoms with Crippen LogP contribution in [-0.2, 0) is 4.79 Å². The molecular weight excluding hydrogens is 156 g/mol. The van der Waals surface area contributed by atoms with Crippen molar-refractivity contribution in [1.29, 1.82) is 0 Å². The van der Waals surface area contributed by atoms with Crippen molar-refractivity contribution in [3.8, 4) is 0 Å². The second-order valence-electron chi connectivity index (χ2n) is 3.49. The minimum Gasteiger partial charge on any atom is -0.394 e. The molecule has 0 aromatic heterocycles. The van der Waals surface area contributed by atoms with E-state index in [0.717, 1.165) is 0 Å². The third-order valence-corrected chi connectivity index (χ3v) is 1.98. The molecule has 0 aromatic carbocycles. The molecule has 1 aliphatic heterocycles. The maximum Gasteiger partial charge on any atom is 0.221 e. The van der Waals surface area contributed by atoms with Crippen LogP contribution in [0.5, 0.6) is 0 Å². The van der Waals surface area contributed by atoms with E-state index in [1.807, 2.05) is 13.8 Å². The third kappa shape index (κ3) is 2.19. The van der Waals surface area contributed by atoms with Crippen molar-refractivity contribution in [3.63, 3.8) is 0 Å². The zero-order valence-corrected chi connectivity index (χ0v) is 7.50. The van der Waals surface area contributed by atoms with Crippen LogP contribution in [0, 0.1) is 0 Å². The molecule has 1 saturated heterocycles. The van der Waals surface area contributed by atoms with E-state index >= 15 is 0 Å². The normalized spacial score (nSPS) is 29.5. The predicted molar refractivity (Wildman–Crippen MR) is 45.7 cm³/mol. The second-order valence-corrected chi connectivity index (χ2v) is 3.49. The quantitative estimate of drug-likeness (QED) is 0.524. The minimum atomic E-state index is -0.111. The molecule has 0 spiro atoms. The summed E-state index contributed by atoms with van der Waals surface area (Å²) in [7, 11) is 0. The summed E-state index contributed by atoms with van der Waals surface area (Å²) in [4.78, 5) is 10.9. The lowest BCUT2D eigenvalue weighted by Gasteiger charge is -2.20. The van der Waals surface area contributed by atoms with Gasteiger partial charge in [-0.05, 0) is 0 Å². The summed E-state index contributed by atoms with van der Waals surface area (Å²) in [6.45, 7) is 4.06.